The standard InChI is InChI=1S/C20H21ClN2O2S2/c1-20(26-10-11-27-20)12-19(24)23-22-13-15-6-3-5-9-18(15)25-14-16-7-2-4-8-17(16)21/h2-9,13H,10-12,14H2,1H3,(H,23,24). The van der Waals surface area contributed by atoms with Crippen molar-refractivity contribution in [3.8, 4) is 5.75 Å². The van der Waals surface area contributed by atoms with Gasteiger partial charge in [-0.15, -0.1) is 23.5 Å². The molecule has 1 aliphatic rings. The number of hydrazone groups is 1. The van der Waals surface area contributed by atoms with Crippen LogP contribution >= 0.6 is 35.1 Å². The molecule has 1 N–H and O–H groups in total. The molecule has 2 aromatic rings. The van der Waals surface area contributed by atoms with Crippen LogP contribution in [0, 0.1) is 0 Å². The molecular weight excluding hydrogens is 400 g/mol. The lowest BCUT2D eigenvalue weighted by Crippen LogP contribution is -2.26. The van der Waals surface area contributed by atoms with Crippen LogP contribution < -0.4 is 10.2 Å². The molecule has 0 spiro atoms. The second-order valence-corrected chi connectivity index (χ2v) is 10.1. The van der Waals surface area contributed by atoms with Crippen molar-refractivity contribution in [1.82, 2.24) is 5.43 Å². The molecule has 0 radical (unpaired) electrons. The van der Waals surface area contributed by atoms with E-state index >= 15 is 0 Å². The molecule has 0 bridgehead atoms. The van der Waals surface area contributed by atoms with Gasteiger partial charge in [0.15, 0.2) is 0 Å². The van der Waals surface area contributed by atoms with E-state index in [-0.39, 0.29) is 9.99 Å². The molecule has 0 aromatic heterocycles. The molecule has 1 aliphatic heterocycles. The molecule has 142 valence electrons. The van der Waals surface area contributed by atoms with E-state index in [4.69, 9.17) is 16.3 Å². The molecule has 1 amide bonds. The number of carbonyl (C=O) groups is 1. The third-order valence-corrected chi connectivity index (χ3v) is 7.69. The summed E-state index contributed by atoms with van der Waals surface area (Å²) in [4.78, 5) is 12.1. The summed E-state index contributed by atoms with van der Waals surface area (Å²) in [6.07, 6.45) is 2.06. The van der Waals surface area contributed by atoms with Gasteiger partial charge in [0, 0.05) is 27.7 Å². The first kappa shape index (κ1) is 20.1. The predicted octanol–water partition coefficient (Wildman–Crippen LogP) is 4.96. The minimum atomic E-state index is -0.0786. The van der Waals surface area contributed by atoms with Crippen molar-refractivity contribution >= 4 is 47.2 Å². The van der Waals surface area contributed by atoms with Crippen LogP contribution in [0.15, 0.2) is 53.6 Å². The quantitative estimate of drug-likeness (QED) is 0.508. The molecule has 3 rings (SSSR count). The van der Waals surface area contributed by atoms with Crippen LogP contribution in [-0.4, -0.2) is 27.7 Å². The molecule has 1 heterocycles. The van der Waals surface area contributed by atoms with Crippen molar-refractivity contribution in [3.05, 3.63) is 64.7 Å². The minimum Gasteiger partial charge on any atom is -0.488 e. The summed E-state index contributed by atoms with van der Waals surface area (Å²) in [5.41, 5.74) is 4.33. The van der Waals surface area contributed by atoms with Gasteiger partial charge < -0.3 is 4.74 Å². The van der Waals surface area contributed by atoms with E-state index in [1.807, 2.05) is 72.1 Å². The Labute approximate surface area is 173 Å². The molecule has 0 atom stereocenters. The number of nitrogens with zero attached hydrogens (tertiary/aromatic N) is 1. The van der Waals surface area contributed by atoms with E-state index in [9.17, 15) is 4.79 Å². The predicted molar refractivity (Wildman–Crippen MR) is 116 cm³/mol. The van der Waals surface area contributed by atoms with E-state index in [2.05, 4.69) is 17.5 Å². The number of para-hydroxylation sites is 1. The zero-order valence-corrected chi connectivity index (χ0v) is 17.4. The van der Waals surface area contributed by atoms with Gasteiger partial charge >= 0.3 is 0 Å². The lowest BCUT2D eigenvalue weighted by molar-refractivity contribution is -0.121. The van der Waals surface area contributed by atoms with Crippen molar-refractivity contribution in [2.75, 3.05) is 11.5 Å². The van der Waals surface area contributed by atoms with Gasteiger partial charge in [-0.05, 0) is 25.1 Å². The Morgan fingerprint density at radius 3 is 2.70 bits per heavy atom. The summed E-state index contributed by atoms with van der Waals surface area (Å²) in [6, 6.07) is 15.1. The van der Waals surface area contributed by atoms with Crippen LogP contribution in [0.3, 0.4) is 0 Å². The average molecular weight is 421 g/mol. The number of ether oxygens (including phenoxy) is 1. The van der Waals surface area contributed by atoms with Gasteiger partial charge in [0.1, 0.15) is 12.4 Å². The Hall–Kier alpha value is -1.63. The normalized spacial score (nSPS) is 15.8. The third kappa shape index (κ3) is 5.92. The Bertz CT molecular complexity index is 823. The number of thioether (sulfide) groups is 2. The highest BCUT2D eigenvalue weighted by Crippen LogP contribution is 2.45. The monoisotopic (exact) mass is 420 g/mol. The smallest absolute Gasteiger partial charge is 0.242 e. The van der Waals surface area contributed by atoms with Gasteiger partial charge in [0.05, 0.1) is 16.7 Å². The summed E-state index contributed by atoms with van der Waals surface area (Å²) in [6.45, 7) is 2.47. The van der Waals surface area contributed by atoms with Gasteiger partial charge in [-0.25, -0.2) is 5.43 Å². The van der Waals surface area contributed by atoms with Crippen molar-refractivity contribution in [1.29, 1.82) is 0 Å². The SMILES string of the molecule is CC1(CC(=O)NN=Cc2ccccc2OCc2ccccc2Cl)SCCS1. The first-order valence-electron chi connectivity index (χ1n) is 8.61. The Balaban J connectivity index is 1.57. The van der Waals surface area contributed by atoms with Crippen LogP contribution in [0.2, 0.25) is 5.02 Å². The zero-order valence-electron chi connectivity index (χ0n) is 15.0. The van der Waals surface area contributed by atoms with E-state index in [1.54, 1.807) is 6.21 Å². The number of rotatable bonds is 7. The first-order valence-corrected chi connectivity index (χ1v) is 11.0. The number of nitrogens with one attached hydrogen (secondary N) is 1. The molecule has 0 saturated carbocycles. The van der Waals surface area contributed by atoms with Gasteiger partial charge in [0.2, 0.25) is 5.91 Å². The van der Waals surface area contributed by atoms with Crippen molar-refractivity contribution in [2.45, 2.75) is 24.0 Å². The average Bonchev–Trinajstić information content (AvgIpc) is 3.08. The lowest BCUT2D eigenvalue weighted by Gasteiger charge is -2.19. The van der Waals surface area contributed by atoms with Crippen molar-refractivity contribution < 1.29 is 9.53 Å². The second kappa shape index (κ2) is 9.53. The molecule has 7 heteroatoms. The van der Waals surface area contributed by atoms with Crippen LogP contribution in [0.4, 0.5) is 0 Å². The fourth-order valence-corrected chi connectivity index (χ4v) is 5.67. The van der Waals surface area contributed by atoms with Gasteiger partial charge in [-0.2, -0.15) is 5.10 Å². The summed E-state index contributed by atoms with van der Waals surface area (Å²) in [5.74, 6) is 2.79. The summed E-state index contributed by atoms with van der Waals surface area (Å²) in [7, 11) is 0. The third-order valence-electron chi connectivity index (χ3n) is 4.03. The molecule has 0 aliphatic carbocycles. The number of amides is 1. The number of halogens is 1. The van der Waals surface area contributed by atoms with E-state index in [1.165, 1.54) is 0 Å². The second-order valence-electron chi connectivity index (χ2n) is 6.22. The number of hydrogen-bond donors (Lipinski definition) is 1. The van der Waals surface area contributed by atoms with Gasteiger partial charge in [-0.3, -0.25) is 4.79 Å². The van der Waals surface area contributed by atoms with E-state index in [0.717, 1.165) is 22.6 Å². The van der Waals surface area contributed by atoms with E-state index in [0.29, 0.717) is 23.8 Å². The van der Waals surface area contributed by atoms with Crippen LogP contribution in [0.5, 0.6) is 5.75 Å². The summed E-state index contributed by atoms with van der Waals surface area (Å²) < 4.78 is 5.84. The van der Waals surface area contributed by atoms with Crippen LogP contribution in [0.1, 0.15) is 24.5 Å². The molecule has 4 nitrogen and oxygen atoms in total. The van der Waals surface area contributed by atoms with Crippen LogP contribution in [-0.2, 0) is 11.4 Å². The molecule has 2 aromatic carbocycles. The summed E-state index contributed by atoms with van der Waals surface area (Å²) in [5, 5.41) is 4.77. The Morgan fingerprint density at radius 2 is 1.93 bits per heavy atom. The van der Waals surface area contributed by atoms with Crippen molar-refractivity contribution in [3.63, 3.8) is 0 Å². The zero-order chi connectivity index (χ0) is 19.1. The largest absolute Gasteiger partial charge is 0.488 e. The van der Waals surface area contributed by atoms with E-state index < -0.39 is 0 Å². The fourth-order valence-electron chi connectivity index (χ4n) is 2.65. The van der Waals surface area contributed by atoms with Crippen molar-refractivity contribution in [2.24, 2.45) is 5.10 Å². The molecule has 27 heavy (non-hydrogen) atoms. The molecular formula is C20H21ClN2O2S2. The highest BCUT2D eigenvalue weighted by Gasteiger charge is 2.32. The number of carbonyl (C=O) groups excluding carboxylic acids is 1. The van der Waals surface area contributed by atoms with Gasteiger partial charge in [0.25, 0.3) is 0 Å². The Morgan fingerprint density at radius 1 is 1.22 bits per heavy atom. The first-order chi connectivity index (χ1) is 13.1. The summed E-state index contributed by atoms with van der Waals surface area (Å²) >= 11 is 9.83. The maximum absolute atomic E-state index is 12.1. The maximum atomic E-state index is 12.1. The maximum Gasteiger partial charge on any atom is 0.242 e. The minimum absolute atomic E-state index is 0.0461. The molecule has 1 fully saturated rings. The lowest BCUT2D eigenvalue weighted by atomic mass is 10.2. The fraction of sp³-hybridized carbons (Fsp3) is 0.300. The van der Waals surface area contributed by atoms with Crippen LogP contribution in [0.25, 0.3) is 0 Å². The molecule has 0 unspecified atom stereocenters. The molecule has 1 saturated heterocycles. The number of hydrogen-bond acceptors (Lipinski definition) is 5. The Kier molecular flexibility index (Phi) is 7.10. The highest BCUT2D eigenvalue weighted by molar-refractivity contribution is 8.21. The highest BCUT2D eigenvalue weighted by atomic mass is 35.5. The topological polar surface area (TPSA) is 50.7 Å². The number of benzene rings is 2. The van der Waals surface area contributed by atoms with Gasteiger partial charge in [-0.1, -0.05) is 41.9 Å².